The van der Waals surface area contributed by atoms with Gasteiger partial charge in [-0.15, -0.1) is 11.8 Å². The van der Waals surface area contributed by atoms with E-state index in [0.29, 0.717) is 11.4 Å². The molecule has 0 saturated carbocycles. The Morgan fingerprint density at radius 3 is 2.80 bits per heavy atom. The number of thioether (sulfide) groups is 1. The summed E-state index contributed by atoms with van der Waals surface area (Å²) in [7, 11) is 1.56. The van der Waals surface area contributed by atoms with Gasteiger partial charge < -0.3 is 15.4 Å². The first kappa shape index (κ1) is 17.4. The summed E-state index contributed by atoms with van der Waals surface area (Å²) in [6.45, 7) is 3.71. The number of aryl methyl sites for hydroxylation is 1. The second-order valence-corrected chi connectivity index (χ2v) is 7.19. The Bertz CT molecular complexity index is 822. The average Bonchev–Trinajstić information content (AvgIpc) is 2.60. The zero-order valence-corrected chi connectivity index (χ0v) is 15.1. The molecule has 6 heteroatoms. The number of nitrogens with one attached hydrogen (secondary N) is 2. The minimum absolute atomic E-state index is 0.150. The van der Waals surface area contributed by atoms with Crippen LogP contribution in [0.2, 0.25) is 0 Å². The average molecular weight is 356 g/mol. The van der Waals surface area contributed by atoms with E-state index in [-0.39, 0.29) is 11.8 Å². The van der Waals surface area contributed by atoms with Crippen molar-refractivity contribution in [2.75, 3.05) is 17.7 Å². The molecule has 1 heterocycles. The topological polar surface area (TPSA) is 67.4 Å². The third-order valence-electron chi connectivity index (χ3n) is 4.14. The summed E-state index contributed by atoms with van der Waals surface area (Å²) in [5.41, 5.74) is 2.42. The van der Waals surface area contributed by atoms with E-state index in [1.807, 2.05) is 49.4 Å². The molecule has 5 nitrogen and oxygen atoms in total. The molecule has 130 valence electrons. The zero-order valence-electron chi connectivity index (χ0n) is 14.3. The molecule has 0 radical (unpaired) electrons. The number of carbonyl (C=O) groups is 2. The van der Waals surface area contributed by atoms with Gasteiger partial charge in [-0.05, 0) is 36.8 Å². The van der Waals surface area contributed by atoms with Gasteiger partial charge >= 0.3 is 0 Å². The van der Waals surface area contributed by atoms with Crippen LogP contribution < -0.4 is 15.4 Å². The van der Waals surface area contributed by atoms with E-state index in [1.165, 1.54) is 11.8 Å². The molecule has 2 aromatic rings. The highest BCUT2D eigenvalue weighted by atomic mass is 32.2. The Kier molecular flexibility index (Phi) is 4.99. The molecule has 3 rings (SSSR count). The third kappa shape index (κ3) is 3.64. The van der Waals surface area contributed by atoms with E-state index in [0.717, 1.165) is 16.1 Å². The molecular weight excluding hydrogens is 336 g/mol. The molecule has 1 aliphatic rings. The highest BCUT2D eigenvalue weighted by Gasteiger charge is 2.35. The van der Waals surface area contributed by atoms with Crippen LogP contribution >= 0.6 is 11.8 Å². The normalized spacial score (nSPS) is 17.2. The summed E-state index contributed by atoms with van der Waals surface area (Å²) in [4.78, 5) is 26.1. The van der Waals surface area contributed by atoms with Crippen molar-refractivity contribution in [1.82, 2.24) is 0 Å². The summed E-state index contributed by atoms with van der Waals surface area (Å²) in [6.07, 6.45) is 0. The molecule has 2 N–H and O–H groups in total. The molecule has 2 amide bonds. The number of ether oxygens (including phenoxy) is 1. The molecule has 0 aromatic heterocycles. The monoisotopic (exact) mass is 356 g/mol. The maximum absolute atomic E-state index is 12.7. The molecule has 1 aliphatic heterocycles. The van der Waals surface area contributed by atoms with Crippen LogP contribution in [0.3, 0.4) is 0 Å². The quantitative estimate of drug-likeness (QED) is 0.877. The molecule has 25 heavy (non-hydrogen) atoms. The predicted octanol–water partition coefficient (Wildman–Crippen LogP) is 3.69. The number of hydrogen-bond acceptors (Lipinski definition) is 4. The van der Waals surface area contributed by atoms with Crippen molar-refractivity contribution in [3.63, 3.8) is 0 Å². The molecule has 2 atom stereocenters. The largest absolute Gasteiger partial charge is 0.495 e. The Morgan fingerprint density at radius 2 is 2.04 bits per heavy atom. The van der Waals surface area contributed by atoms with Crippen molar-refractivity contribution >= 4 is 35.0 Å². The van der Waals surface area contributed by atoms with E-state index >= 15 is 0 Å². The van der Waals surface area contributed by atoms with E-state index in [4.69, 9.17) is 4.74 Å². The van der Waals surface area contributed by atoms with Crippen LogP contribution in [-0.2, 0) is 9.59 Å². The first-order valence-corrected chi connectivity index (χ1v) is 8.89. The Labute approximate surface area is 151 Å². The fraction of sp³-hybridized carbons (Fsp3) is 0.263. The molecule has 0 aliphatic carbocycles. The van der Waals surface area contributed by atoms with Gasteiger partial charge in [0.2, 0.25) is 11.8 Å². The molecule has 0 spiro atoms. The summed E-state index contributed by atoms with van der Waals surface area (Å²) in [5, 5.41) is 5.28. The Hall–Kier alpha value is -2.47. The molecule has 2 aromatic carbocycles. The van der Waals surface area contributed by atoms with Crippen LogP contribution in [0.1, 0.15) is 12.5 Å². The van der Waals surface area contributed by atoms with Gasteiger partial charge in [0.25, 0.3) is 0 Å². The molecule has 0 fully saturated rings. The first-order valence-electron chi connectivity index (χ1n) is 8.01. The van der Waals surface area contributed by atoms with E-state index in [2.05, 4.69) is 10.6 Å². The second kappa shape index (κ2) is 7.19. The summed E-state index contributed by atoms with van der Waals surface area (Å²) in [6, 6.07) is 13.2. The smallest absolute Gasteiger partial charge is 0.238 e. The third-order valence-corrected chi connectivity index (χ3v) is 5.62. The highest BCUT2D eigenvalue weighted by Crippen LogP contribution is 2.38. The van der Waals surface area contributed by atoms with Crippen molar-refractivity contribution in [2.24, 2.45) is 5.92 Å². The molecule has 0 saturated heterocycles. The maximum Gasteiger partial charge on any atom is 0.238 e. The minimum atomic E-state index is -0.497. The molecule has 0 bridgehead atoms. The van der Waals surface area contributed by atoms with Gasteiger partial charge in [0.15, 0.2) is 0 Å². The van der Waals surface area contributed by atoms with Gasteiger partial charge in [0, 0.05) is 4.90 Å². The standard InChI is InChI=1S/C19H20N2O3S/c1-11-8-9-15(24-3)14(10-11)21-18(22)12(2)17-19(23)20-13-6-4-5-7-16(13)25-17/h4-10,12,17H,1-3H3,(H,20,23)(H,21,22)/t12-,17+/m0/s1. The molecular formula is C19H20N2O3S. The number of fused-ring (bicyclic) bond motifs is 1. The van der Waals surface area contributed by atoms with Crippen molar-refractivity contribution in [3.8, 4) is 5.75 Å². The number of benzene rings is 2. The van der Waals surface area contributed by atoms with E-state index < -0.39 is 11.2 Å². The Morgan fingerprint density at radius 1 is 1.28 bits per heavy atom. The van der Waals surface area contributed by atoms with Crippen LogP contribution in [0.25, 0.3) is 0 Å². The van der Waals surface area contributed by atoms with Gasteiger partial charge in [0.1, 0.15) is 5.75 Å². The number of methoxy groups -OCH3 is 1. The second-order valence-electron chi connectivity index (χ2n) is 6.01. The van der Waals surface area contributed by atoms with Crippen LogP contribution in [0.5, 0.6) is 5.75 Å². The van der Waals surface area contributed by atoms with Gasteiger partial charge in [-0.1, -0.05) is 25.1 Å². The van der Waals surface area contributed by atoms with Gasteiger partial charge in [-0.3, -0.25) is 9.59 Å². The fourth-order valence-electron chi connectivity index (χ4n) is 2.70. The first-order chi connectivity index (χ1) is 12.0. The number of para-hydroxylation sites is 1. The molecule has 0 unspecified atom stereocenters. The lowest BCUT2D eigenvalue weighted by Gasteiger charge is -2.27. The predicted molar refractivity (Wildman–Crippen MR) is 100 cm³/mol. The lowest BCUT2D eigenvalue weighted by atomic mass is 10.0. The lowest BCUT2D eigenvalue weighted by Crippen LogP contribution is -2.39. The van der Waals surface area contributed by atoms with Gasteiger partial charge in [-0.25, -0.2) is 0 Å². The van der Waals surface area contributed by atoms with Crippen molar-refractivity contribution < 1.29 is 14.3 Å². The maximum atomic E-state index is 12.7. The number of anilines is 2. The van der Waals surface area contributed by atoms with Crippen LogP contribution in [0.4, 0.5) is 11.4 Å². The van der Waals surface area contributed by atoms with Crippen molar-refractivity contribution in [1.29, 1.82) is 0 Å². The van der Waals surface area contributed by atoms with Crippen molar-refractivity contribution in [2.45, 2.75) is 24.0 Å². The van der Waals surface area contributed by atoms with E-state index in [9.17, 15) is 9.59 Å². The van der Waals surface area contributed by atoms with Crippen LogP contribution in [0.15, 0.2) is 47.4 Å². The highest BCUT2D eigenvalue weighted by molar-refractivity contribution is 8.01. The number of rotatable bonds is 4. The number of amides is 2. The van der Waals surface area contributed by atoms with Crippen LogP contribution in [0, 0.1) is 12.8 Å². The fourth-order valence-corrected chi connectivity index (χ4v) is 3.87. The van der Waals surface area contributed by atoms with Gasteiger partial charge in [0.05, 0.1) is 29.7 Å². The Balaban J connectivity index is 1.77. The lowest BCUT2D eigenvalue weighted by molar-refractivity contribution is -0.123. The number of hydrogen-bond donors (Lipinski definition) is 2. The zero-order chi connectivity index (χ0) is 18.0. The summed E-state index contributed by atoms with van der Waals surface area (Å²) in [5.74, 6) is -0.265. The van der Waals surface area contributed by atoms with E-state index in [1.54, 1.807) is 14.0 Å². The van der Waals surface area contributed by atoms with Gasteiger partial charge in [-0.2, -0.15) is 0 Å². The number of carbonyl (C=O) groups excluding carboxylic acids is 2. The SMILES string of the molecule is COc1ccc(C)cc1NC(=O)[C@@H](C)[C@H]1Sc2ccccc2NC1=O. The summed E-state index contributed by atoms with van der Waals surface area (Å²) < 4.78 is 5.29. The van der Waals surface area contributed by atoms with Crippen molar-refractivity contribution in [3.05, 3.63) is 48.0 Å². The van der Waals surface area contributed by atoms with Crippen LogP contribution in [-0.4, -0.2) is 24.2 Å². The summed E-state index contributed by atoms with van der Waals surface area (Å²) >= 11 is 1.42. The minimum Gasteiger partial charge on any atom is -0.495 e.